The molecule has 25 heavy (non-hydrogen) atoms. The molecule has 2 heterocycles. The van der Waals surface area contributed by atoms with Crippen molar-refractivity contribution in [2.75, 3.05) is 6.54 Å². The topological polar surface area (TPSA) is 69.0 Å². The maximum atomic E-state index is 12.1. The van der Waals surface area contributed by atoms with E-state index in [-0.39, 0.29) is 5.91 Å². The van der Waals surface area contributed by atoms with Crippen LogP contribution >= 0.6 is 0 Å². The third-order valence-electron chi connectivity index (χ3n) is 3.66. The average Bonchev–Trinajstić information content (AvgIpc) is 3.12. The van der Waals surface area contributed by atoms with Gasteiger partial charge in [-0.25, -0.2) is 4.68 Å². The van der Waals surface area contributed by atoms with Crippen LogP contribution in [-0.2, 0) is 11.2 Å². The van der Waals surface area contributed by atoms with E-state index in [0.717, 1.165) is 11.4 Å². The van der Waals surface area contributed by atoms with E-state index in [0.29, 0.717) is 18.8 Å². The van der Waals surface area contributed by atoms with Gasteiger partial charge in [-0.05, 0) is 31.2 Å². The summed E-state index contributed by atoms with van der Waals surface area (Å²) >= 11 is 0. The monoisotopic (exact) mass is 336 g/mol. The quantitative estimate of drug-likeness (QED) is 0.719. The summed E-state index contributed by atoms with van der Waals surface area (Å²) in [6.07, 6.45) is 3.60. The third kappa shape index (κ3) is 4.67. The minimum Gasteiger partial charge on any atom is -0.463 e. The number of para-hydroxylation sites is 1. The van der Waals surface area contributed by atoms with Crippen LogP contribution in [0.3, 0.4) is 0 Å². The number of benzene rings is 1. The standard InChI is InChI=1S/C19H20N4O2/c1-15(19(24)21-13-10-16-7-5-6-12-20-16)25-18-11-14-23(22-18)17-8-3-2-4-9-17/h2-9,11-12,14-15H,10,13H2,1H3,(H,21,24)/t15-/m1/s1. The Hall–Kier alpha value is -3.15. The molecular formula is C19H20N4O2. The van der Waals surface area contributed by atoms with Crippen molar-refractivity contribution in [1.82, 2.24) is 20.1 Å². The molecule has 0 unspecified atom stereocenters. The maximum Gasteiger partial charge on any atom is 0.260 e. The molecular weight excluding hydrogens is 316 g/mol. The molecule has 0 saturated carbocycles. The molecule has 6 heteroatoms. The van der Waals surface area contributed by atoms with Crippen molar-refractivity contribution in [3.8, 4) is 11.6 Å². The Bertz CT molecular complexity index is 803. The van der Waals surface area contributed by atoms with Crippen LogP contribution in [0.1, 0.15) is 12.6 Å². The Morgan fingerprint density at radius 1 is 1.16 bits per heavy atom. The summed E-state index contributed by atoms with van der Waals surface area (Å²) in [7, 11) is 0. The van der Waals surface area contributed by atoms with Gasteiger partial charge in [0, 0.05) is 37.1 Å². The molecule has 1 aromatic carbocycles. The molecule has 128 valence electrons. The van der Waals surface area contributed by atoms with E-state index in [1.165, 1.54) is 0 Å². The molecule has 0 aliphatic heterocycles. The van der Waals surface area contributed by atoms with Gasteiger partial charge in [-0.3, -0.25) is 9.78 Å². The fraction of sp³-hybridized carbons (Fsp3) is 0.211. The molecule has 3 rings (SSSR count). The van der Waals surface area contributed by atoms with Gasteiger partial charge in [-0.2, -0.15) is 0 Å². The average molecular weight is 336 g/mol. The number of rotatable bonds is 7. The normalized spacial score (nSPS) is 11.7. The van der Waals surface area contributed by atoms with E-state index in [2.05, 4.69) is 15.4 Å². The van der Waals surface area contributed by atoms with Gasteiger partial charge >= 0.3 is 0 Å². The fourth-order valence-corrected chi connectivity index (χ4v) is 2.33. The van der Waals surface area contributed by atoms with E-state index in [1.807, 2.05) is 48.5 Å². The molecule has 0 aliphatic rings. The molecule has 6 nitrogen and oxygen atoms in total. The first-order valence-corrected chi connectivity index (χ1v) is 8.18. The zero-order valence-electron chi connectivity index (χ0n) is 14.0. The van der Waals surface area contributed by atoms with Gasteiger partial charge in [-0.15, -0.1) is 5.10 Å². The second kappa shape index (κ2) is 8.10. The van der Waals surface area contributed by atoms with Gasteiger partial charge in [0.2, 0.25) is 5.88 Å². The number of nitrogens with zero attached hydrogens (tertiary/aromatic N) is 3. The molecule has 3 aromatic rings. The summed E-state index contributed by atoms with van der Waals surface area (Å²) in [5, 5.41) is 7.19. The summed E-state index contributed by atoms with van der Waals surface area (Å²) in [4.78, 5) is 16.3. The Kier molecular flexibility index (Phi) is 5.41. The minimum atomic E-state index is -0.622. The Morgan fingerprint density at radius 2 is 1.96 bits per heavy atom. The molecule has 1 atom stereocenters. The van der Waals surface area contributed by atoms with Crippen LogP contribution in [0.4, 0.5) is 0 Å². The van der Waals surface area contributed by atoms with Crippen molar-refractivity contribution in [2.24, 2.45) is 0 Å². The van der Waals surface area contributed by atoms with Crippen LogP contribution in [-0.4, -0.2) is 33.3 Å². The number of amides is 1. The van der Waals surface area contributed by atoms with Gasteiger partial charge < -0.3 is 10.1 Å². The summed E-state index contributed by atoms with van der Waals surface area (Å²) in [5.41, 5.74) is 1.88. The van der Waals surface area contributed by atoms with Crippen LogP contribution in [0.2, 0.25) is 0 Å². The van der Waals surface area contributed by atoms with E-state index >= 15 is 0 Å². The van der Waals surface area contributed by atoms with Crippen molar-refractivity contribution >= 4 is 5.91 Å². The number of carbonyl (C=O) groups is 1. The first-order valence-electron chi connectivity index (χ1n) is 8.18. The van der Waals surface area contributed by atoms with E-state index in [9.17, 15) is 4.79 Å². The fourth-order valence-electron chi connectivity index (χ4n) is 2.33. The molecule has 0 spiro atoms. The largest absolute Gasteiger partial charge is 0.463 e. The van der Waals surface area contributed by atoms with Gasteiger partial charge in [0.25, 0.3) is 5.91 Å². The number of ether oxygens (including phenoxy) is 1. The van der Waals surface area contributed by atoms with Gasteiger partial charge in [-0.1, -0.05) is 24.3 Å². The number of aromatic nitrogens is 3. The Labute approximate surface area is 146 Å². The maximum absolute atomic E-state index is 12.1. The molecule has 0 radical (unpaired) electrons. The predicted octanol–water partition coefficient (Wildman–Crippen LogP) is 2.39. The van der Waals surface area contributed by atoms with Crippen LogP contribution in [0.25, 0.3) is 5.69 Å². The first-order chi connectivity index (χ1) is 12.2. The SMILES string of the molecule is C[C@@H](Oc1ccn(-c2ccccc2)n1)C(=O)NCCc1ccccn1. The van der Waals surface area contributed by atoms with E-state index in [4.69, 9.17) is 4.74 Å². The third-order valence-corrected chi connectivity index (χ3v) is 3.66. The lowest BCUT2D eigenvalue weighted by molar-refractivity contribution is -0.127. The van der Waals surface area contributed by atoms with Crippen molar-refractivity contribution in [3.05, 3.63) is 72.7 Å². The Balaban J connectivity index is 1.49. The highest BCUT2D eigenvalue weighted by Crippen LogP contribution is 2.13. The summed E-state index contributed by atoms with van der Waals surface area (Å²) in [5.74, 6) is 0.237. The smallest absolute Gasteiger partial charge is 0.260 e. The number of nitrogens with one attached hydrogen (secondary N) is 1. The van der Waals surface area contributed by atoms with Crippen molar-refractivity contribution in [2.45, 2.75) is 19.4 Å². The second-order valence-corrected chi connectivity index (χ2v) is 5.56. The number of carbonyl (C=O) groups excluding carboxylic acids is 1. The highest BCUT2D eigenvalue weighted by Gasteiger charge is 2.15. The van der Waals surface area contributed by atoms with Gasteiger partial charge in [0.05, 0.1) is 5.69 Å². The molecule has 1 N–H and O–H groups in total. The highest BCUT2D eigenvalue weighted by molar-refractivity contribution is 5.80. The first kappa shape index (κ1) is 16.7. The molecule has 0 saturated heterocycles. The predicted molar refractivity (Wildman–Crippen MR) is 94.6 cm³/mol. The van der Waals surface area contributed by atoms with E-state index < -0.39 is 6.10 Å². The number of hydrogen-bond acceptors (Lipinski definition) is 4. The lowest BCUT2D eigenvalue weighted by atomic mass is 10.2. The zero-order chi connectivity index (χ0) is 17.5. The lowest BCUT2D eigenvalue weighted by Gasteiger charge is -2.12. The number of hydrogen-bond donors (Lipinski definition) is 1. The summed E-state index contributed by atoms with van der Waals surface area (Å²) in [6, 6.07) is 17.2. The van der Waals surface area contributed by atoms with Crippen molar-refractivity contribution in [1.29, 1.82) is 0 Å². The summed E-state index contributed by atoms with van der Waals surface area (Å²) in [6.45, 7) is 2.22. The summed E-state index contributed by atoms with van der Waals surface area (Å²) < 4.78 is 7.33. The van der Waals surface area contributed by atoms with Crippen molar-refractivity contribution < 1.29 is 9.53 Å². The zero-order valence-corrected chi connectivity index (χ0v) is 14.0. The van der Waals surface area contributed by atoms with Crippen molar-refractivity contribution in [3.63, 3.8) is 0 Å². The highest BCUT2D eigenvalue weighted by atomic mass is 16.5. The van der Waals surface area contributed by atoms with Gasteiger partial charge in [0.15, 0.2) is 6.10 Å². The lowest BCUT2D eigenvalue weighted by Crippen LogP contribution is -2.37. The minimum absolute atomic E-state index is 0.176. The van der Waals surface area contributed by atoms with Crippen LogP contribution in [0.5, 0.6) is 5.88 Å². The number of pyridine rings is 1. The van der Waals surface area contributed by atoms with Gasteiger partial charge in [0.1, 0.15) is 0 Å². The molecule has 2 aromatic heterocycles. The van der Waals surface area contributed by atoms with Crippen LogP contribution in [0, 0.1) is 0 Å². The van der Waals surface area contributed by atoms with Crippen LogP contribution in [0.15, 0.2) is 67.0 Å². The molecule has 0 aliphatic carbocycles. The Morgan fingerprint density at radius 3 is 2.72 bits per heavy atom. The van der Waals surface area contributed by atoms with E-state index in [1.54, 1.807) is 30.1 Å². The molecule has 1 amide bonds. The molecule has 0 bridgehead atoms. The molecule has 0 fully saturated rings. The second-order valence-electron chi connectivity index (χ2n) is 5.56. The van der Waals surface area contributed by atoms with Crippen LogP contribution < -0.4 is 10.1 Å².